The zero-order chi connectivity index (χ0) is 19.3. The van der Waals surface area contributed by atoms with E-state index in [0.717, 1.165) is 49.1 Å². The Balaban J connectivity index is 1.47. The average Bonchev–Trinajstić information content (AvgIpc) is 3.27. The van der Waals surface area contributed by atoms with Crippen molar-refractivity contribution in [2.24, 2.45) is 7.05 Å². The number of fused-ring (bicyclic) bond motifs is 2. The minimum Gasteiger partial charge on any atom is -0.334 e. The van der Waals surface area contributed by atoms with Gasteiger partial charge in [0, 0.05) is 31.5 Å². The molecule has 0 radical (unpaired) electrons. The molecule has 2 aliphatic rings. The highest BCUT2D eigenvalue weighted by atomic mass is 16.1. The van der Waals surface area contributed by atoms with Crippen LogP contribution in [0.4, 0.5) is 0 Å². The second-order valence-corrected chi connectivity index (χ2v) is 8.23. The van der Waals surface area contributed by atoms with E-state index in [1.165, 1.54) is 30.1 Å². The van der Waals surface area contributed by atoms with Gasteiger partial charge in [0.15, 0.2) is 0 Å². The molecule has 6 heteroatoms. The Morgan fingerprint density at radius 1 is 1.18 bits per heavy atom. The second kappa shape index (κ2) is 6.85. The monoisotopic (exact) mass is 377 g/mol. The molecule has 3 aromatic heterocycles. The molecule has 0 unspecified atom stereocenters. The van der Waals surface area contributed by atoms with E-state index in [1.807, 2.05) is 19.1 Å². The van der Waals surface area contributed by atoms with Crippen LogP contribution in [0.5, 0.6) is 0 Å². The summed E-state index contributed by atoms with van der Waals surface area (Å²) < 4.78 is 3.97. The van der Waals surface area contributed by atoms with Crippen LogP contribution in [-0.2, 0) is 26.4 Å². The van der Waals surface area contributed by atoms with Gasteiger partial charge in [-0.25, -0.2) is 9.97 Å². The minimum atomic E-state index is -0.00750. The fourth-order valence-corrected chi connectivity index (χ4v) is 4.91. The molecule has 0 aromatic carbocycles. The summed E-state index contributed by atoms with van der Waals surface area (Å²) in [7, 11) is 2.17. The average molecular weight is 377 g/mol. The van der Waals surface area contributed by atoms with E-state index in [-0.39, 0.29) is 5.56 Å². The van der Waals surface area contributed by atoms with E-state index in [0.29, 0.717) is 12.6 Å². The van der Waals surface area contributed by atoms with E-state index in [2.05, 4.69) is 16.5 Å². The van der Waals surface area contributed by atoms with Crippen LogP contribution < -0.4 is 5.56 Å². The van der Waals surface area contributed by atoms with Gasteiger partial charge in [-0.05, 0) is 63.6 Å². The lowest BCUT2D eigenvalue weighted by Crippen LogP contribution is -2.27. The molecule has 4 heterocycles. The Labute approximate surface area is 164 Å². The lowest BCUT2D eigenvalue weighted by atomic mass is 10.0. The zero-order valence-electron chi connectivity index (χ0n) is 16.7. The third kappa shape index (κ3) is 2.87. The quantitative estimate of drug-likeness (QED) is 0.704. The lowest BCUT2D eigenvalue weighted by Gasteiger charge is -2.24. The summed E-state index contributed by atoms with van der Waals surface area (Å²) in [6.45, 7) is 3.72. The Kier molecular flexibility index (Phi) is 4.31. The summed E-state index contributed by atoms with van der Waals surface area (Å²) in [4.78, 5) is 24.9. The maximum absolute atomic E-state index is 12.6. The largest absolute Gasteiger partial charge is 0.334 e. The first-order chi connectivity index (χ1) is 13.6. The molecular weight excluding hydrogens is 350 g/mol. The Morgan fingerprint density at radius 2 is 2.04 bits per heavy atom. The highest BCUT2D eigenvalue weighted by Gasteiger charge is 2.31. The van der Waals surface area contributed by atoms with E-state index in [1.54, 1.807) is 16.7 Å². The van der Waals surface area contributed by atoms with Crippen molar-refractivity contribution in [2.45, 2.75) is 58.0 Å². The van der Waals surface area contributed by atoms with Gasteiger partial charge < -0.3 is 4.57 Å². The fourth-order valence-electron chi connectivity index (χ4n) is 4.91. The molecule has 1 fully saturated rings. The lowest BCUT2D eigenvalue weighted by molar-refractivity contribution is 0.233. The number of rotatable bonds is 3. The maximum Gasteiger partial charge on any atom is 0.258 e. The van der Waals surface area contributed by atoms with Crippen LogP contribution in [0.25, 0.3) is 5.65 Å². The molecule has 0 saturated carbocycles. The van der Waals surface area contributed by atoms with Gasteiger partial charge in [-0.2, -0.15) is 0 Å². The molecule has 0 bridgehead atoms. The predicted octanol–water partition coefficient (Wildman–Crippen LogP) is 2.95. The fraction of sp³-hybridized carbons (Fsp3) is 0.500. The van der Waals surface area contributed by atoms with E-state index >= 15 is 0 Å². The van der Waals surface area contributed by atoms with E-state index in [9.17, 15) is 4.79 Å². The number of hydrogen-bond donors (Lipinski definition) is 0. The third-order valence-electron chi connectivity index (χ3n) is 6.37. The number of likely N-dealkylation sites (tertiary alicyclic amines) is 1. The number of hydrogen-bond acceptors (Lipinski definition) is 4. The summed E-state index contributed by atoms with van der Waals surface area (Å²) >= 11 is 0. The van der Waals surface area contributed by atoms with Gasteiger partial charge in [-0.3, -0.25) is 14.1 Å². The van der Waals surface area contributed by atoms with Crippen LogP contribution in [0.1, 0.15) is 60.2 Å². The number of pyridine rings is 1. The first-order valence-electron chi connectivity index (χ1n) is 10.4. The summed E-state index contributed by atoms with van der Waals surface area (Å²) in [5.41, 5.74) is 5.35. The Hall–Kier alpha value is -2.47. The van der Waals surface area contributed by atoms with Gasteiger partial charge in [0.1, 0.15) is 11.5 Å². The molecule has 0 N–H and O–H groups in total. The van der Waals surface area contributed by atoms with Crippen LogP contribution in [0.2, 0.25) is 0 Å². The second-order valence-electron chi connectivity index (χ2n) is 8.23. The van der Waals surface area contributed by atoms with Gasteiger partial charge in [-0.15, -0.1) is 0 Å². The molecule has 0 amide bonds. The number of aromatic nitrogens is 4. The molecule has 1 aliphatic heterocycles. The first-order valence-corrected chi connectivity index (χ1v) is 10.4. The van der Waals surface area contributed by atoms with Crippen molar-refractivity contribution >= 4 is 5.65 Å². The number of nitrogens with zero attached hydrogens (tertiary/aromatic N) is 5. The highest BCUT2D eigenvalue weighted by Crippen LogP contribution is 2.34. The van der Waals surface area contributed by atoms with E-state index < -0.39 is 0 Å². The van der Waals surface area contributed by atoms with Crippen molar-refractivity contribution in [1.82, 2.24) is 23.8 Å². The van der Waals surface area contributed by atoms with Crippen molar-refractivity contribution < 1.29 is 0 Å². The van der Waals surface area contributed by atoms with Gasteiger partial charge in [0.05, 0.1) is 17.4 Å². The summed E-state index contributed by atoms with van der Waals surface area (Å²) in [6, 6.07) is 5.89. The first kappa shape index (κ1) is 17.6. The molecule has 0 spiro atoms. The predicted molar refractivity (Wildman–Crippen MR) is 108 cm³/mol. The molecule has 6 nitrogen and oxygen atoms in total. The molecule has 3 aromatic rings. The van der Waals surface area contributed by atoms with Crippen molar-refractivity contribution in [3.05, 3.63) is 63.2 Å². The Morgan fingerprint density at radius 3 is 2.89 bits per heavy atom. The molecule has 1 aliphatic carbocycles. The van der Waals surface area contributed by atoms with Crippen LogP contribution >= 0.6 is 0 Å². The SMILES string of the molecule is Cc1cccn2c(=O)cc(CN3CCC[C@@H]3c3nc4c(n3C)CCCC4)nc12. The number of aryl methyl sites for hydroxylation is 2. The van der Waals surface area contributed by atoms with Crippen LogP contribution in [0.15, 0.2) is 29.2 Å². The van der Waals surface area contributed by atoms with Gasteiger partial charge in [0.2, 0.25) is 0 Å². The summed E-state index contributed by atoms with van der Waals surface area (Å²) in [5, 5.41) is 0. The molecule has 1 saturated heterocycles. The minimum absolute atomic E-state index is 0.00750. The topological polar surface area (TPSA) is 55.4 Å². The number of imidazole rings is 1. The van der Waals surface area contributed by atoms with Crippen LogP contribution in [0.3, 0.4) is 0 Å². The molecule has 146 valence electrons. The summed E-state index contributed by atoms with van der Waals surface area (Å²) in [6.07, 6.45) is 8.85. The van der Waals surface area contributed by atoms with Crippen molar-refractivity contribution in [3.8, 4) is 0 Å². The normalized spacial score (nSPS) is 20.0. The molecule has 5 rings (SSSR count). The highest BCUT2D eigenvalue weighted by molar-refractivity contribution is 5.46. The van der Waals surface area contributed by atoms with Crippen LogP contribution in [-0.4, -0.2) is 30.4 Å². The van der Waals surface area contributed by atoms with Gasteiger partial charge in [0.25, 0.3) is 5.56 Å². The standard InChI is InChI=1S/C22H27N5O/c1-15-7-5-12-27-20(28)13-16(23-21(15)27)14-26-11-6-10-19(26)22-24-17-8-3-4-9-18(17)25(22)2/h5,7,12-13,19H,3-4,6,8-11,14H2,1-2H3/t19-/m1/s1. The molecule has 28 heavy (non-hydrogen) atoms. The van der Waals surface area contributed by atoms with E-state index in [4.69, 9.17) is 9.97 Å². The van der Waals surface area contributed by atoms with Crippen LogP contribution in [0, 0.1) is 6.92 Å². The van der Waals surface area contributed by atoms with Crippen molar-refractivity contribution in [2.75, 3.05) is 6.54 Å². The molecule has 1 atom stereocenters. The van der Waals surface area contributed by atoms with Gasteiger partial charge in [-0.1, -0.05) is 6.07 Å². The Bertz CT molecular complexity index is 1100. The smallest absolute Gasteiger partial charge is 0.258 e. The van der Waals surface area contributed by atoms with Crippen molar-refractivity contribution in [3.63, 3.8) is 0 Å². The summed E-state index contributed by atoms with van der Waals surface area (Å²) in [5.74, 6) is 1.19. The zero-order valence-corrected chi connectivity index (χ0v) is 16.7. The van der Waals surface area contributed by atoms with Gasteiger partial charge >= 0.3 is 0 Å². The molecular formula is C22H27N5O. The van der Waals surface area contributed by atoms with Crippen molar-refractivity contribution in [1.29, 1.82) is 0 Å². The third-order valence-corrected chi connectivity index (χ3v) is 6.37. The maximum atomic E-state index is 12.6.